The molecule has 1 rings (SSSR count). The maximum atomic E-state index is 11.7. The van der Waals surface area contributed by atoms with Crippen LogP contribution in [0.1, 0.15) is 12.8 Å². The van der Waals surface area contributed by atoms with Crippen molar-refractivity contribution in [1.29, 1.82) is 0 Å². The second kappa shape index (κ2) is 7.96. The van der Waals surface area contributed by atoms with E-state index in [1.807, 2.05) is 0 Å². The third-order valence-electron chi connectivity index (χ3n) is 2.90. The van der Waals surface area contributed by atoms with Gasteiger partial charge in [-0.05, 0) is 12.8 Å². The van der Waals surface area contributed by atoms with Gasteiger partial charge in [-0.1, -0.05) is 0 Å². The van der Waals surface area contributed by atoms with Crippen molar-refractivity contribution in [2.45, 2.75) is 25.0 Å². The number of aliphatic imine (C=N–C) groups is 1. The van der Waals surface area contributed by atoms with Crippen LogP contribution in [0.3, 0.4) is 0 Å². The van der Waals surface area contributed by atoms with E-state index in [0.29, 0.717) is 25.7 Å². The van der Waals surface area contributed by atoms with Crippen molar-refractivity contribution in [3.63, 3.8) is 0 Å². The van der Waals surface area contributed by atoms with Gasteiger partial charge in [0.05, 0.1) is 19.3 Å². The minimum absolute atomic E-state index is 0.0117. The molecule has 1 fully saturated rings. The zero-order valence-electron chi connectivity index (χ0n) is 11.9. The number of methoxy groups -OCH3 is 1. The van der Waals surface area contributed by atoms with Crippen molar-refractivity contribution in [1.82, 2.24) is 10.2 Å². The summed E-state index contributed by atoms with van der Waals surface area (Å²) in [7, 11) is 5.09. The summed E-state index contributed by atoms with van der Waals surface area (Å²) in [6, 6.07) is 0. The van der Waals surface area contributed by atoms with Gasteiger partial charge in [0.1, 0.15) is 6.10 Å². The Morgan fingerprint density at radius 2 is 2.26 bits per heavy atom. The number of hydrogen-bond acceptors (Lipinski definition) is 4. The predicted molar refractivity (Wildman–Crippen MR) is 73.0 cm³/mol. The van der Waals surface area contributed by atoms with Crippen molar-refractivity contribution in [2.24, 2.45) is 10.7 Å². The minimum atomic E-state index is -0.335. The Morgan fingerprint density at radius 3 is 2.89 bits per heavy atom. The zero-order chi connectivity index (χ0) is 14.3. The summed E-state index contributed by atoms with van der Waals surface area (Å²) in [5, 5.41) is 2.93. The second-order valence-electron chi connectivity index (χ2n) is 4.70. The molecule has 0 bridgehead atoms. The van der Waals surface area contributed by atoms with Gasteiger partial charge < -0.3 is 25.4 Å². The van der Waals surface area contributed by atoms with Crippen LogP contribution in [0.4, 0.5) is 0 Å². The van der Waals surface area contributed by atoms with E-state index in [4.69, 9.17) is 15.2 Å². The van der Waals surface area contributed by atoms with Crippen molar-refractivity contribution in [3.05, 3.63) is 0 Å². The lowest BCUT2D eigenvalue weighted by molar-refractivity contribution is -0.140. The fourth-order valence-corrected chi connectivity index (χ4v) is 1.85. The van der Waals surface area contributed by atoms with Crippen LogP contribution in [-0.4, -0.2) is 69.9 Å². The molecular weight excluding hydrogens is 248 g/mol. The van der Waals surface area contributed by atoms with Crippen LogP contribution in [0.15, 0.2) is 4.99 Å². The van der Waals surface area contributed by atoms with Gasteiger partial charge in [0, 0.05) is 27.7 Å². The minimum Gasteiger partial charge on any atom is -0.383 e. The maximum absolute atomic E-state index is 11.7. The molecule has 0 saturated carbocycles. The summed E-state index contributed by atoms with van der Waals surface area (Å²) >= 11 is 0. The van der Waals surface area contributed by atoms with Gasteiger partial charge in [0.2, 0.25) is 0 Å². The Hall–Kier alpha value is -1.34. The summed E-state index contributed by atoms with van der Waals surface area (Å²) < 4.78 is 10.5. The molecule has 0 spiro atoms. The number of rotatable bonds is 6. The highest BCUT2D eigenvalue weighted by Gasteiger charge is 2.31. The van der Waals surface area contributed by atoms with Crippen molar-refractivity contribution >= 4 is 11.9 Å². The lowest BCUT2D eigenvalue weighted by Crippen LogP contribution is -2.35. The number of likely N-dealkylation sites (N-methyl/N-ethyl adjacent to an activating group) is 1. The Kier molecular flexibility index (Phi) is 6.58. The number of nitrogens with zero attached hydrogens (tertiary/aromatic N) is 2. The number of nitrogens with two attached hydrogens (primary N) is 1. The van der Waals surface area contributed by atoms with Crippen LogP contribution in [0.5, 0.6) is 0 Å². The predicted octanol–water partition coefficient (Wildman–Crippen LogP) is -0.827. The molecule has 0 radical (unpaired) electrons. The van der Waals surface area contributed by atoms with Crippen LogP contribution in [0, 0.1) is 0 Å². The third-order valence-corrected chi connectivity index (χ3v) is 2.90. The molecule has 1 heterocycles. The van der Waals surface area contributed by atoms with E-state index in [0.717, 1.165) is 12.8 Å². The second-order valence-corrected chi connectivity index (χ2v) is 4.70. The van der Waals surface area contributed by atoms with Gasteiger partial charge in [0.25, 0.3) is 5.91 Å². The first kappa shape index (κ1) is 15.7. The van der Waals surface area contributed by atoms with E-state index < -0.39 is 0 Å². The third kappa shape index (κ3) is 5.44. The Bertz CT molecular complexity index is 320. The molecule has 1 aliphatic rings. The topological polar surface area (TPSA) is 89.2 Å². The lowest BCUT2D eigenvalue weighted by Gasteiger charge is -2.16. The molecule has 7 heteroatoms. The molecule has 0 aromatic heterocycles. The number of amides is 1. The van der Waals surface area contributed by atoms with Crippen LogP contribution >= 0.6 is 0 Å². The Labute approximate surface area is 114 Å². The molecule has 0 aliphatic carbocycles. The first-order valence-electron chi connectivity index (χ1n) is 6.44. The summed E-state index contributed by atoms with van der Waals surface area (Å²) in [6.45, 7) is 1.68. The highest BCUT2D eigenvalue weighted by atomic mass is 16.5. The number of carbonyl (C=O) groups is 1. The zero-order valence-corrected chi connectivity index (χ0v) is 11.9. The molecule has 3 N–H and O–H groups in total. The number of ether oxygens (including phenoxy) is 2. The first-order valence-corrected chi connectivity index (χ1v) is 6.44. The normalized spacial score (nSPS) is 23.4. The van der Waals surface area contributed by atoms with E-state index in [1.165, 1.54) is 0 Å². The van der Waals surface area contributed by atoms with Gasteiger partial charge in [-0.15, -0.1) is 0 Å². The Balaban J connectivity index is 2.28. The van der Waals surface area contributed by atoms with Crippen molar-refractivity contribution in [3.8, 4) is 0 Å². The van der Waals surface area contributed by atoms with Crippen LogP contribution in [-0.2, 0) is 14.3 Å². The summed E-state index contributed by atoms with van der Waals surface area (Å²) in [5.41, 5.74) is 5.69. The van der Waals surface area contributed by atoms with Gasteiger partial charge in [-0.2, -0.15) is 0 Å². The fraction of sp³-hybridized carbons (Fsp3) is 0.833. The molecule has 1 amide bonds. The van der Waals surface area contributed by atoms with Gasteiger partial charge in [-0.3, -0.25) is 9.79 Å². The largest absolute Gasteiger partial charge is 0.383 e. The quantitative estimate of drug-likeness (QED) is 0.374. The molecule has 7 nitrogen and oxygen atoms in total. The van der Waals surface area contributed by atoms with Crippen molar-refractivity contribution in [2.75, 3.05) is 40.9 Å². The van der Waals surface area contributed by atoms with Crippen LogP contribution < -0.4 is 11.1 Å². The standard InChI is InChI=1S/C12H24N4O3/c1-16(2)11(17)10-5-4-9(19-10)8-15-12(13)14-6-7-18-3/h9-10H,4-8H2,1-3H3,(H3,13,14,15). The van der Waals surface area contributed by atoms with Gasteiger partial charge >= 0.3 is 0 Å². The summed E-state index contributed by atoms with van der Waals surface area (Å²) in [5.74, 6) is 0.390. The maximum Gasteiger partial charge on any atom is 0.251 e. The molecule has 110 valence electrons. The van der Waals surface area contributed by atoms with E-state index in [-0.39, 0.29) is 18.1 Å². The number of nitrogens with one attached hydrogen (secondary N) is 1. The monoisotopic (exact) mass is 272 g/mol. The summed E-state index contributed by atoms with van der Waals surface area (Å²) in [4.78, 5) is 17.5. The average Bonchev–Trinajstić information content (AvgIpc) is 2.84. The molecule has 0 aromatic rings. The molecule has 19 heavy (non-hydrogen) atoms. The number of hydrogen-bond donors (Lipinski definition) is 2. The number of carbonyl (C=O) groups excluding carboxylic acids is 1. The first-order chi connectivity index (χ1) is 9.04. The fourth-order valence-electron chi connectivity index (χ4n) is 1.85. The summed E-state index contributed by atoms with van der Waals surface area (Å²) in [6.07, 6.45) is 1.21. The van der Waals surface area contributed by atoms with Crippen LogP contribution in [0.25, 0.3) is 0 Å². The average molecular weight is 272 g/mol. The molecule has 0 aromatic carbocycles. The SMILES string of the molecule is COCCNC(N)=NCC1CCC(C(=O)N(C)C)O1. The smallest absolute Gasteiger partial charge is 0.251 e. The van der Waals surface area contributed by atoms with Gasteiger partial charge in [0.15, 0.2) is 5.96 Å². The molecule has 2 unspecified atom stereocenters. The highest BCUT2D eigenvalue weighted by Crippen LogP contribution is 2.21. The molecule has 1 saturated heterocycles. The Morgan fingerprint density at radius 1 is 1.53 bits per heavy atom. The van der Waals surface area contributed by atoms with Crippen LogP contribution in [0.2, 0.25) is 0 Å². The van der Waals surface area contributed by atoms with E-state index in [9.17, 15) is 4.79 Å². The van der Waals surface area contributed by atoms with Crippen molar-refractivity contribution < 1.29 is 14.3 Å². The molecular formula is C12H24N4O3. The van der Waals surface area contributed by atoms with E-state index in [2.05, 4.69) is 10.3 Å². The van der Waals surface area contributed by atoms with E-state index >= 15 is 0 Å². The lowest BCUT2D eigenvalue weighted by atomic mass is 10.2. The number of guanidine groups is 1. The molecule has 1 aliphatic heterocycles. The highest BCUT2D eigenvalue weighted by molar-refractivity contribution is 5.80. The van der Waals surface area contributed by atoms with Gasteiger partial charge in [-0.25, -0.2) is 0 Å². The molecule has 2 atom stereocenters. The van der Waals surface area contributed by atoms with E-state index in [1.54, 1.807) is 26.1 Å².